The predicted molar refractivity (Wildman–Crippen MR) is 131 cm³/mol. The van der Waals surface area contributed by atoms with Gasteiger partial charge in [0.1, 0.15) is 11.5 Å². The Labute approximate surface area is 196 Å². The summed E-state index contributed by atoms with van der Waals surface area (Å²) < 4.78 is 5.48. The number of ether oxygens (including phenoxy) is 1. The van der Waals surface area contributed by atoms with Crippen LogP contribution in [0.15, 0.2) is 30.3 Å². The topological polar surface area (TPSA) is 74.8 Å². The van der Waals surface area contributed by atoms with Crippen molar-refractivity contribution in [2.24, 2.45) is 5.92 Å². The van der Waals surface area contributed by atoms with Crippen LogP contribution in [0, 0.1) is 12.8 Å². The summed E-state index contributed by atoms with van der Waals surface area (Å²) in [6.45, 7) is 10.5. The minimum absolute atomic E-state index is 0.0213. The zero-order valence-corrected chi connectivity index (χ0v) is 19.9. The van der Waals surface area contributed by atoms with Gasteiger partial charge in [-0.25, -0.2) is 9.78 Å². The van der Waals surface area contributed by atoms with Crippen molar-refractivity contribution < 1.29 is 14.3 Å². The zero-order valence-electron chi connectivity index (χ0n) is 19.9. The molecule has 0 bridgehead atoms. The number of hydrogen-bond donors (Lipinski definition) is 1. The number of aryl methyl sites for hydroxylation is 1. The molecule has 0 aliphatic carbocycles. The summed E-state index contributed by atoms with van der Waals surface area (Å²) in [4.78, 5) is 34.1. The van der Waals surface area contributed by atoms with E-state index in [2.05, 4.69) is 22.1 Å². The van der Waals surface area contributed by atoms with Crippen molar-refractivity contribution >= 4 is 23.3 Å². The Balaban J connectivity index is 1.63. The van der Waals surface area contributed by atoms with Gasteiger partial charge in [0, 0.05) is 38.3 Å². The fraction of sp³-hybridized carbons (Fsp3) is 0.500. The van der Waals surface area contributed by atoms with Crippen LogP contribution in [-0.2, 0) is 4.74 Å². The highest BCUT2D eigenvalue weighted by Gasteiger charge is 2.25. The number of nitrogens with one attached hydrogen (secondary N) is 1. The number of carbonyl (C=O) groups excluding carboxylic acids is 2. The molecule has 1 N–H and O–H groups in total. The van der Waals surface area contributed by atoms with Crippen LogP contribution in [0.25, 0.3) is 11.1 Å². The van der Waals surface area contributed by atoms with Gasteiger partial charge in [0.15, 0.2) is 5.78 Å². The second-order valence-electron chi connectivity index (χ2n) is 8.94. The average Bonchev–Trinajstić information content (AvgIpc) is 3.34. The number of carbonyl (C=O) groups is 2. The summed E-state index contributed by atoms with van der Waals surface area (Å²) in [6, 6.07) is 9.81. The number of pyridine rings is 1. The van der Waals surface area contributed by atoms with Gasteiger partial charge in [0.2, 0.25) is 0 Å². The Morgan fingerprint density at radius 1 is 1.12 bits per heavy atom. The highest BCUT2D eigenvalue weighted by atomic mass is 16.5. The lowest BCUT2D eigenvalue weighted by Crippen LogP contribution is -2.37. The van der Waals surface area contributed by atoms with E-state index in [-0.39, 0.29) is 11.8 Å². The maximum Gasteiger partial charge on any atom is 0.321 e. The summed E-state index contributed by atoms with van der Waals surface area (Å²) >= 11 is 0. The van der Waals surface area contributed by atoms with E-state index < -0.39 is 0 Å². The smallest absolute Gasteiger partial charge is 0.321 e. The number of morpholine rings is 1. The molecule has 1 atom stereocenters. The van der Waals surface area contributed by atoms with Crippen LogP contribution in [0.4, 0.5) is 16.3 Å². The fourth-order valence-corrected chi connectivity index (χ4v) is 4.51. The Morgan fingerprint density at radius 2 is 1.91 bits per heavy atom. The molecule has 3 heterocycles. The Kier molecular flexibility index (Phi) is 7.28. The number of anilines is 2. The number of rotatable bonds is 6. The number of likely N-dealkylation sites (tertiary alicyclic amines) is 1. The largest absolute Gasteiger partial charge is 0.378 e. The van der Waals surface area contributed by atoms with Crippen LogP contribution < -0.4 is 10.2 Å². The number of amides is 2. The van der Waals surface area contributed by atoms with E-state index in [1.54, 1.807) is 0 Å². The number of Topliss-reactive ketones (excluding diaryl/α,β-unsaturated/α-hetero) is 1. The van der Waals surface area contributed by atoms with Gasteiger partial charge in [-0.15, -0.1) is 0 Å². The van der Waals surface area contributed by atoms with Gasteiger partial charge in [0.25, 0.3) is 0 Å². The van der Waals surface area contributed by atoms with Gasteiger partial charge in [-0.05, 0) is 60.2 Å². The summed E-state index contributed by atoms with van der Waals surface area (Å²) in [7, 11) is 0. The number of hydrogen-bond acceptors (Lipinski definition) is 5. The molecule has 7 nitrogen and oxygen atoms in total. The third kappa shape index (κ3) is 5.36. The van der Waals surface area contributed by atoms with E-state index >= 15 is 0 Å². The van der Waals surface area contributed by atoms with Crippen molar-refractivity contribution in [1.29, 1.82) is 0 Å². The molecule has 2 aliphatic heterocycles. The molecule has 2 aliphatic rings. The van der Waals surface area contributed by atoms with Crippen LogP contribution in [-0.4, -0.2) is 61.1 Å². The lowest BCUT2D eigenvalue weighted by molar-refractivity contribution is 0.0983. The van der Waals surface area contributed by atoms with Gasteiger partial charge >= 0.3 is 6.03 Å². The quantitative estimate of drug-likeness (QED) is 0.643. The Morgan fingerprint density at radius 3 is 2.61 bits per heavy atom. The van der Waals surface area contributed by atoms with Crippen molar-refractivity contribution in [3.63, 3.8) is 0 Å². The Bertz CT molecular complexity index is 1020. The predicted octanol–water partition coefficient (Wildman–Crippen LogP) is 4.75. The van der Waals surface area contributed by atoms with Crippen LogP contribution in [0.3, 0.4) is 0 Å². The van der Waals surface area contributed by atoms with Crippen molar-refractivity contribution in [2.45, 2.75) is 40.0 Å². The second kappa shape index (κ2) is 10.3. The number of urea groups is 1. The van der Waals surface area contributed by atoms with E-state index in [0.717, 1.165) is 67.2 Å². The summed E-state index contributed by atoms with van der Waals surface area (Å²) in [5.41, 5.74) is 4.24. The summed E-state index contributed by atoms with van der Waals surface area (Å²) in [5.74, 6) is 1.41. The molecule has 7 heteroatoms. The average molecular weight is 451 g/mol. The van der Waals surface area contributed by atoms with E-state index in [0.29, 0.717) is 31.2 Å². The van der Waals surface area contributed by atoms with Crippen LogP contribution >= 0.6 is 0 Å². The summed E-state index contributed by atoms with van der Waals surface area (Å²) in [5, 5.41) is 3.07. The molecular weight excluding hydrogens is 416 g/mol. The minimum Gasteiger partial charge on any atom is -0.378 e. The normalized spacial score (nSPS) is 18.5. The van der Waals surface area contributed by atoms with E-state index in [4.69, 9.17) is 4.74 Å². The number of ketones is 1. The number of nitrogens with zero attached hydrogens (tertiary/aromatic N) is 3. The molecule has 176 valence electrons. The van der Waals surface area contributed by atoms with Gasteiger partial charge < -0.3 is 19.9 Å². The molecule has 0 unspecified atom stereocenters. The van der Waals surface area contributed by atoms with Crippen LogP contribution in [0.5, 0.6) is 0 Å². The third-order valence-electron chi connectivity index (χ3n) is 6.70. The van der Waals surface area contributed by atoms with Crippen molar-refractivity contribution in [1.82, 2.24) is 9.88 Å². The monoisotopic (exact) mass is 450 g/mol. The van der Waals surface area contributed by atoms with Gasteiger partial charge in [-0.1, -0.05) is 26.3 Å². The number of aromatic nitrogens is 1. The van der Waals surface area contributed by atoms with Crippen LogP contribution in [0.1, 0.15) is 49.2 Å². The van der Waals surface area contributed by atoms with Crippen LogP contribution in [0.2, 0.25) is 0 Å². The van der Waals surface area contributed by atoms with E-state index in [1.165, 1.54) is 0 Å². The summed E-state index contributed by atoms with van der Waals surface area (Å²) in [6.07, 6.45) is 2.58. The highest BCUT2D eigenvalue weighted by molar-refractivity contribution is 5.96. The van der Waals surface area contributed by atoms with Crippen molar-refractivity contribution in [3.05, 3.63) is 41.6 Å². The highest BCUT2D eigenvalue weighted by Crippen LogP contribution is 2.31. The fourth-order valence-electron chi connectivity index (χ4n) is 4.51. The third-order valence-corrected chi connectivity index (χ3v) is 6.70. The second-order valence-corrected chi connectivity index (χ2v) is 8.94. The molecule has 0 radical (unpaired) electrons. The SMILES string of the molecule is CCC(=O)c1cc(-c2cc(NC(=O)N3CC[C@@H](CC)C3)ccc2C)cc(N2CCOCC2)n1. The molecule has 0 spiro atoms. The standard InChI is InChI=1S/C26H34N4O3/c1-4-19-8-9-30(17-19)26(32)27-21-7-6-18(3)22(16-21)20-14-23(24(31)5-2)28-25(15-20)29-10-12-33-13-11-29/h6-7,14-16,19H,4-5,8-13,17H2,1-3H3,(H,27,32)/t19-/m1/s1. The lowest BCUT2D eigenvalue weighted by Gasteiger charge is -2.28. The van der Waals surface area contributed by atoms with Crippen molar-refractivity contribution in [3.8, 4) is 11.1 Å². The van der Waals surface area contributed by atoms with E-state index in [9.17, 15) is 9.59 Å². The molecule has 2 saturated heterocycles. The zero-order chi connectivity index (χ0) is 23.4. The lowest BCUT2D eigenvalue weighted by atomic mass is 9.98. The Hall–Kier alpha value is -2.93. The maximum absolute atomic E-state index is 12.8. The minimum atomic E-state index is -0.0497. The van der Waals surface area contributed by atoms with Gasteiger partial charge in [-0.3, -0.25) is 4.79 Å². The van der Waals surface area contributed by atoms with E-state index in [1.807, 2.05) is 49.1 Å². The number of benzene rings is 1. The first-order chi connectivity index (χ1) is 16.0. The molecule has 2 fully saturated rings. The first-order valence-corrected chi connectivity index (χ1v) is 12.0. The molecule has 1 aromatic heterocycles. The molecule has 2 amide bonds. The molecular formula is C26H34N4O3. The molecule has 4 rings (SSSR count). The maximum atomic E-state index is 12.8. The first kappa shape index (κ1) is 23.2. The van der Waals surface area contributed by atoms with Gasteiger partial charge in [0.05, 0.1) is 13.2 Å². The molecule has 0 saturated carbocycles. The molecule has 1 aromatic carbocycles. The molecule has 33 heavy (non-hydrogen) atoms. The first-order valence-electron chi connectivity index (χ1n) is 12.0. The van der Waals surface area contributed by atoms with Gasteiger partial charge in [-0.2, -0.15) is 0 Å². The molecule has 2 aromatic rings. The van der Waals surface area contributed by atoms with Crippen molar-refractivity contribution in [2.75, 3.05) is 49.6 Å².